The number of aliphatic hydroxyl groups excluding tert-OH is 1. The van der Waals surface area contributed by atoms with E-state index in [1.54, 1.807) is 0 Å². The Hall–Kier alpha value is -2.81. The second-order valence-electron chi connectivity index (χ2n) is 9.73. The normalized spacial score (nSPS) is 19.1. The van der Waals surface area contributed by atoms with Gasteiger partial charge in [0, 0.05) is 6.54 Å². The van der Waals surface area contributed by atoms with Crippen molar-refractivity contribution in [3.8, 4) is 0 Å². The van der Waals surface area contributed by atoms with Gasteiger partial charge in [0.25, 0.3) is 0 Å². The third kappa shape index (κ3) is 10.5. The lowest BCUT2D eigenvalue weighted by molar-refractivity contribution is -0.149. The van der Waals surface area contributed by atoms with Gasteiger partial charge in [-0.2, -0.15) is 0 Å². The maximum Gasteiger partial charge on any atom is 0.326 e. The molecule has 0 aromatic carbocycles. The molecule has 0 saturated carbocycles. The Bertz CT molecular complexity index is 809. The van der Waals surface area contributed by atoms with E-state index >= 15 is 0 Å². The number of aliphatic hydroxyl groups is 1. The van der Waals surface area contributed by atoms with E-state index in [0.717, 1.165) is 0 Å². The molecule has 1 aliphatic rings. The van der Waals surface area contributed by atoms with Crippen molar-refractivity contribution in [2.45, 2.75) is 102 Å². The van der Waals surface area contributed by atoms with E-state index in [0.29, 0.717) is 51.6 Å². The van der Waals surface area contributed by atoms with E-state index in [1.807, 2.05) is 0 Å². The Morgan fingerprint density at radius 1 is 0.868 bits per heavy atom. The Labute approximate surface area is 223 Å². The number of hydrogen-bond acceptors (Lipinski definition) is 9. The minimum Gasteiger partial charge on any atom is -0.480 e. The molecule has 218 valence electrons. The van der Waals surface area contributed by atoms with Gasteiger partial charge in [0.05, 0.1) is 12.1 Å². The molecule has 1 heterocycles. The molecule has 14 nitrogen and oxygen atoms in total. The molecular formula is C24H45N7O7. The van der Waals surface area contributed by atoms with Crippen LogP contribution in [0.25, 0.3) is 0 Å². The maximum absolute atomic E-state index is 13.2. The van der Waals surface area contributed by atoms with E-state index in [-0.39, 0.29) is 19.4 Å². The number of nitrogens with zero attached hydrogens (tertiary/aromatic N) is 1. The predicted octanol–water partition coefficient (Wildman–Crippen LogP) is -2.50. The number of carboxylic acid groups (broad SMARTS) is 1. The van der Waals surface area contributed by atoms with Crippen molar-refractivity contribution in [3.63, 3.8) is 0 Å². The molecule has 6 atom stereocenters. The van der Waals surface area contributed by atoms with Crippen LogP contribution in [0.3, 0.4) is 0 Å². The van der Waals surface area contributed by atoms with E-state index in [9.17, 15) is 34.2 Å². The van der Waals surface area contributed by atoms with Crippen LogP contribution in [-0.2, 0) is 24.0 Å². The third-order valence-electron chi connectivity index (χ3n) is 6.44. The average molecular weight is 544 g/mol. The Morgan fingerprint density at radius 2 is 1.42 bits per heavy atom. The van der Waals surface area contributed by atoms with Crippen LogP contribution in [0.5, 0.6) is 0 Å². The van der Waals surface area contributed by atoms with Gasteiger partial charge in [0.2, 0.25) is 23.6 Å². The molecule has 0 radical (unpaired) electrons. The molecule has 0 aromatic rings. The topological polar surface area (TPSA) is 243 Å². The number of carbonyl (C=O) groups is 5. The van der Waals surface area contributed by atoms with Crippen LogP contribution in [-0.4, -0.2) is 101 Å². The number of hydrogen-bond donors (Lipinski definition) is 8. The third-order valence-corrected chi connectivity index (χ3v) is 6.44. The summed E-state index contributed by atoms with van der Waals surface area (Å²) in [5.41, 5.74) is 16.7. The van der Waals surface area contributed by atoms with Gasteiger partial charge in [-0.1, -0.05) is 0 Å². The summed E-state index contributed by atoms with van der Waals surface area (Å²) in [6.45, 7) is 3.79. The van der Waals surface area contributed by atoms with Gasteiger partial charge in [-0.05, 0) is 78.3 Å². The molecule has 0 aromatic heterocycles. The van der Waals surface area contributed by atoms with Crippen LogP contribution in [0.2, 0.25) is 0 Å². The van der Waals surface area contributed by atoms with Crippen LogP contribution in [0.4, 0.5) is 0 Å². The molecule has 0 spiro atoms. The van der Waals surface area contributed by atoms with Gasteiger partial charge in [-0.25, -0.2) is 4.79 Å². The average Bonchev–Trinajstić information content (AvgIpc) is 3.35. The second-order valence-corrected chi connectivity index (χ2v) is 9.73. The first-order chi connectivity index (χ1) is 17.9. The van der Waals surface area contributed by atoms with Crippen molar-refractivity contribution in [1.29, 1.82) is 0 Å². The number of nitrogens with two attached hydrogens (primary N) is 3. The summed E-state index contributed by atoms with van der Waals surface area (Å²) in [7, 11) is 0. The molecule has 4 amide bonds. The molecule has 38 heavy (non-hydrogen) atoms. The molecule has 11 N–H and O–H groups in total. The fourth-order valence-electron chi connectivity index (χ4n) is 4.22. The van der Waals surface area contributed by atoms with Crippen molar-refractivity contribution < 1.29 is 34.2 Å². The minimum atomic E-state index is -1.44. The lowest BCUT2D eigenvalue weighted by Gasteiger charge is -2.30. The van der Waals surface area contributed by atoms with Crippen molar-refractivity contribution in [3.05, 3.63) is 0 Å². The molecule has 1 saturated heterocycles. The van der Waals surface area contributed by atoms with E-state index in [4.69, 9.17) is 17.2 Å². The van der Waals surface area contributed by atoms with Crippen LogP contribution >= 0.6 is 0 Å². The Kier molecular flexibility index (Phi) is 14.8. The number of rotatable bonds is 17. The largest absolute Gasteiger partial charge is 0.480 e. The summed E-state index contributed by atoms with van der Waals surface area (Å²) in [5, 5.41) is 27.4. The molecule has 14 heteroatoms. The number of amides is 4. The first-order valence-electron chi connectivity index (χ1n) is 13.2. The van der Waals surface area contributed by atoms with Crippen LogP contribution in [0, 0.1) is 0 Å². The zero-order chi connectivity index (χ0) is 28.8. The number of unbranched alkanes of at least 4 members (excludes halogenated alkanes) is 2. The summed E-state index contributed by atoms with van der Waals surface area (Å²) in [4.78, 5) is 64.4. The highest BCUT2D eigenvalue weighted by Gasteiger charge is 2.39. The smallest absolute Gasteiger partial charge is 0.326 e. The fourth-order valence-corrected chi connectivity index (χ4v) is 4.22. The van der Waals surface area contributed by atoms with Gasteiger partial charge >= 0.3 is 5.97 Å². The van der Waals surface area contributed by atoms with Gasteiger partial charge < -0.3 is 48.3 Å². The van der Waals surface area contributed by atoms with Crippen molar-refractivity contribution >= 4 is 29.6 Å². The number of carbonyl (C=O) groups excluding carboxylic acids is 4. The number of aliphatic carboxylic acids is 1. The zero-order valence-electron chi connectivity index (χ0n) is 22.4. The monoisotopic (exact) mass is 543 g/mol. The number of carboxylic acids is 1. The minimum absolute atomic E-state index is 0.206. The standard InChI is InChI=1S/C24H45N7O7/c1-14(27)20(33)28-16(8-3-5-11-25)21(34)30-19(15(2)32)22(35)29-17(9-4-6-12-26)23(36)31-13-7-10-18(31)24(37)38/h14-19,32H,3-13,25-27H2,1-2H3,(H,28,33)(H,29,35)(H,30,34)(H,37,38)/t14-,15+,16-,17-,18-,19-/m0/s1. The number of likely N-dealkylation sites (tertiary alicyclic amines) is 1. The molecule has 1 aliphatic heterocycles. The lowest BCUT2D eigenvalue weighted by Crippen LogP contribution is -2.60. The van der Waals surface area contributed by atoms with Crippen molar-refractivity contribution in [2.75, 3.05) is 19.6 Å². The van der Waals surface area contributed by atoms with Crippen LogP contribution in [0.1, 0.15) is 65.2 Å². The Balaban J connectivity index is 3.04. The van der Waals surface area contributed by atoms with Crippen LogP contribution < -0.4 is 33.2 Å². The first kappa shape index (κ1) is 33.2. The summed E-state index contributed by atoms with van der Waals surface area (Å²) in [6.07, 6.45) is 2.16. The molecular weight excluding hydrogens is 498 g/mol. The summed E-state index contributed by atoms with van der Waals surface area (Å²) in [6, 6.07) is -5.37. The number of nitrogens with one attached hydrogen (secondary N) is 3. The maximum atomic E-state index is 13.2. The Morgan fingerprint density at radius 3 is 1.92 bits per heavy atom. The highest BCUT2D eigenvalue weighted by atomic mass is 16.4. The molecule has 0 unspecified atom stereocenters. The van der Waals surface area contributed by atoms with Gasteiger partial charge in [0.1, 0.15) is 24.2 Å². The summed E-state index contributed by atoms with van der Waals surface area (Å²) in [5.74, 6) is -3.73. The SMILES string of the molecule is C[C@H](N)C(=O)N[C@@H](CCCCN)C(=O)N[C@H](C(=O)N[C@@H](CCCCN)C(=O)N1CCC[C@H]1C(=O)O)[C@@H](C)O. The zero-order valence-corrected chi connectivity index (χ0v) is 22.4. The molecule has 0 aliphatic carbocycles. The molecule has 0 bridgehead atoms. The highest BCUT2D eigenvalue weighted by Crippen LogP contribution is 2.20. The molecule has 1 fully saturated rings. The van der Waals surface area contributed by atoms with Gasteiger partial charge in [-0.15, -0.1) is 0 Å². The van der Waals surface area contributed by atoms with E-state index in [2.05, 4.69) is 16.0 Å². The summed E-state index contributed by atoms with van der Waals surface area (Å²) < 4.78 is 0. The van der Waals surface area contributed by atoms with Gasteiger partial charge in [0.15, 0.2) is 0 Å². The highest BCUT2D eigenvalue weighted by molar-refractivity contribution is 5.95. The van der Waals surface area contributed by atoms with Crippen LogP contribution in [0.15, 0.2) is 0 Å². The first-order valence-corrected chi connectivity index (χ1v) is 13.2. The molecule has 1 rings (SSSR count). The van der Waals surface area contributed by atoms with Crippen molar-refractivity contribution in [1.82, 2.24) is 20.9 Å². The van der Waals surface area contributed by atoms with E-state index < -0.39 is 65.9 Å². The second kappa shape index (κ2) is 16.9. The summed E-state index contributed by atoms with van der Waals surface area (Å²) >= 11 is 0. The lowest BCUT2D eigenvalue weighted by atomic mass is 10.0. The van der Waals surface area contributed by atoms with Gasteiger partial charge in [-0.3, -0.25) is 19.2 Å². The van der Waals surface area contributed by atoms with E-state index in [1.165, 1.54) is 18.7 Å². The predicted molar refractivity (Wildman–Crippen MR) is 139 cm³/mol. The quantitative estimate of drug-likeness (QED) is 0.0896. The fraction of sp³-hybridized carbons (Fsp3) is 0.792. The van der Waals surface area contributed by atoms with Crippen molar-refractivity contribution in [2.24, 2.45) is 17.2 Å².